The molecule has 0 rings (SSSR count). The molecule has 0 saturated carbocycles. The van der Waals surface area contributed by atoms with Crippen molar-refractivity contribution in [3.8, 4) is 0 Å². The van der Waals surface area contributed by atoms with Crippen LogP contribution in [-0.2, 0) is 4.74 Å². The van der Waals surface area contributed by atoms with Gasteiger partial charge in [0.05, 0.1) is 6.61 Å². The smallest absolute Gasteiger partial charge is 0.0587 e. The van der Waals surface area contributed by atoms with Gasteiger partial charge in [-0.2, -0.15) is 0 Å². The van der Waals surface area contributed by atoms with E-state index >= 15 is 0 Å². The second-order valence-electron chi connectivity index (χ2n) is 2.53. The molecule has 0 heterocycles. The zero-order valence-corrected chi connectivity index (χ0v) is 7.88. The number of hydrogen-bond acceptors (Lipinski definition) is 2. The van der Waals surface area contributed by atoms with E-state index < -0.39 is 0 Å². The Morgan fingerprint density at radius 3 is 2.83 bits per heavy atom. The standard InChI is InChI=1S/C10H19NO/c1-3-4-5-6-7-8-11-9-10-12-2/h3,5-6,11H,1,4,7-10H2,2H3. The molecule has 0 aromatic rings. The van der Waals surface area contributed by atoms with Gasteiger partial charge in [0.2, 0.25) is 0 Å². The van der Waals surface area contributed by atoms with E-state index in [0.29, 0.717) is 0 Å². The van der Waals surface area contributed by atoms with Crippen molar-refractivity contribution in [2.24, 2.45) is 0 Å². The molecule has 0 bridgehead atoms. The van der Waals surface area contributed by atoms with Gasteiger partial charge < -0.3 is 10.1 Å². The highest BCUT2D eigenvalue weighted by molar-refractivity contribution is 4.88. The van der Waals surface area contributed by atoms with Gasteiger partial charge in [-0.05, 0) is 19.4 Å². The summed E-state index contributed by atoms with van der Waals surface area (Å²) in [6.45, 7) is 6.38. The number of methoxy groups -OCH3 is 1. The highest BCUT2D eigenvalue weighted by Crippen LogP contribution is 1.86. The molecule has 70 valence electrons. The molecule has 0 amide bonds. The minimum atomic E-state index is 0.788. The highest BCUT2D eigenvalue weighted by Gasteiger charge is 1.82. The molecular formula is C10H19NO. The fourth-order valence-electron chi connectivity index (χ4n) is 0.795. The monoisotopic (exact) mass is 169 g/mol. The summed E-state index contributed by atoms with van der Waals surface area (Å²) in [4.78, 5) is 0. The van der Waals surface area contributed by atoms with E-state index in [4.69, 9.17) is 4.74 Å². The molecule has 2 heteroatoms. The Labute approximate surface area is 75.3 Å². The van der Waals surface area contributed by atoms with Crippen LogP contribution in [0.5, 0.6) is 0 Å². The summed E-state index contributed by atoms with van der Waals surface area (Å²) in [5.41, 5.74) is 0. The van der Waals surface area contributed by atoms with E-state index in [1.807, 2.05) is 6.08 Å². The van der Waals surface area contributed by atoms with Gasteiger partial charge in [0.15, 0.2) is 0 Å². The summed E-state index contributed by atoms with van der Waals surface area (Å²) in [6.07, 6.45) is 8.25. The summed E-state index contributed by atoms with van der Waals surface area (Å²) < 4.78 is 4.89. The molecule has 0 spiro atoms. The second kappa shape index (κ2) is 10.4. The molecule has 0 atom stereocenters. The van der Waals surface area contributed by atoms with Gasteiger partial charge in [0, 0.05) is 13.7 Å². The van der Waals surface area contributed by atoms with E-state index in [0.717, 1.165) is 32.5 Å². The van der Waals surface area contributed by atoms with Crippen LogP contribution in [0.3, 0.4) is 0 Å². The molecule has 1 N–H and O–H groups in total. The van der Waals surface area contributed by atoms with Crippen LogP contribution in [-0.4, -0.2) is 26.8 Å². The van der Waals surface area contributed by atoms with Gasteiger partial charge in [-0.3, -0.25) is 0 Å². The third-order valence-electron chi connectivity index (χ3n) is 1.44. The van der Waals surface area contributed by atoms with Crippen LogP contribution in [0, 0.1) is 0 Å². The minimum Gasteiger partial charge on any atom is -0.383 e. The summed E-state index contributed by atoms with van der Waals surface area (Å²) in [7, 11) is 1.71. The first-order chi connectivity index (χ1) is 5.91. The highest BCUT2D eigenvalue weighted by atomic mass is 16.5. The Kier molecular flexibility index (Phi) is 9.88. The van der Waals surface area contributed by atoms with Crippen molar-refractivity contribution >= 4 is 0 Å². The van der Waals surface area contributed by atoms with Crippen molar-refractivity contribution in [3.05, 3.63) is 24.8 Å². The third-order valence-corrected chi connectivity index (χ3v) is 1.44. The number of hydrogen-bond donors (Lipinski definition) is 1. The van der Waals surface area contributed by atoms with Gasteiger partial charge in [-0.15, -0.1) is 6.58 Å². The fourth-order valence-corrected chi connectivity index (χ4v) is 0.795. The first-order valence-electron chi connectivity index (χ1n) is 4.37. The van der Waals surface area contributed by atoms with Gasteiger partial charge in [0.25, 0.3) is 0 Å². The third kappa shape index (κ3) is 9.40. The lowest BCUT2D eigenvalue weighted by atomic mass is 10.3. The van der Waals surface area contributed by atoms with Crippen LogP contribution in [0.25, 0.3) is 0 Å². The van der Waals surface area contributed by atoms with Gasteiger partial charge in [-0.25, -0.2) is 0 Å². The van der Waals surface area contributed by atoms with Crippen molar-refractivity contribution in [1.82, 2.24) is 5.32 Å². The lowest BCUT2D eigenvalue weighted by Gasteiger charge is -2.00. The van der Waals surface area contributed by atoms with Crippen LogP contribution in [0.4, 0.5) is 0 Å². The molecule has 0 aliphatic heterocycles. The number of nitrogens with one attached hydrogen (secondary N) is 1. The van der Waals surface area contributed by atoms with Crippen LogP contribution in [0.2, 0.25) is 0 Å². The Morgan fingerprint density at radius 2 is 2.17 bits per heavy atom. The summed E-state index contributed by atoms with van der Waals surface area (Å²) >= 11 is 0. The SMILES string of the molecule is C=CCC=CCCNCCOC. The Morgan fingerprint density at radius 1 is 1.33 bits per heavy atom. The van der Waals surface area contributed by atoms with Gasteiger partial charge in [0.1, 0.15) is 0 Å². The van der Waals surface area contributed by atoms with Crippen molar-refractivity contribution in [2.75, 3.05) is 26.8 Å². The molecule has 0 aromatic heterocycles. The molecule has 0 unspecified atom stereocenters. The molecule has 0 radical (unpaired) electrons. The van der Waals surface area contributed by atoms with E-state index in [-0.39, 0.29) is 0 Å². The molecule has 2 nitrogen and oxygen atoms in total. The molecular weight excluding hydrogens is 150 g/mol. The summed E-state index contributed by atoms with van der Waals surface area (Å²) in [5.74, 6) is 0. The van der Waals surface area contributed by atoms with E-state index in [2.05, 4.69) is 24.0 Å². The lowest BCUT2D eigenvalue weighted by Crippen LogP contribution is -2.19. The molecule has 0 aliphatic carbocycles. The molecule has 12 heavy (non-hydrogen) atoms. The van der Waals surface area contributed by atoms with Crippen LogP contribution < -0.4 is 5.32 Å². The van der Waals surface area contributed by atoms with E-state index in [1.54, 1.807) is 7.11 Å². The summed E-state index contributed by atoms with van der Waals surface area (Å²) in [6, 6.07) is 0. The van der Waals surface area contributed by atoms with Crippen LogP contribution in [0.1, 0.15) is 12.8 Å². The number of ether oxygens (including phenoxy) is 1. The van der Waals surface area contributed by atoms with E-state index in [1.165, 1.54) is 0 Å². The minimum absolute atomic E-state index is 0.788. The Bertz CT molecular complexity index is 121. The second-order valence-corrected chi connectivity index (χ2v) is 2.53. The topological polar surface area (TPSA) is 21.3 Å². The zero-order chi connectivity index (χ0) is 9.07. The zero-order valence-electron chi connectivity index (χ0n) is 7.88. The Balaban J connectivity index is 2.94. The summed E-state index contributed by atoms with van der Waals surface area (Å²) in [5, 5.41) is 3.26. The maximum atomic E-state index is 4.89. The van der Waals surface area contributed by atoms with Gasteiger partial charge >= 0.3 is 0 Å². The molecule has 0 saturated heterocycles. The maximum absolute atomic E-state index is 4.89. The number of allylic oxidation sites excluding steroid dienone is 2. The average Bonchev–Trinajstić information content (AvgIpc) is 2.10. The van der Waals surface area contributed by atoms with Crippen LogP contribution in [0.15, 0.2) is 24.8 Å². The van der Waals surface area contributed by atoms with Crippen LogP contribution >= 0.6 is 0 Å². The fraction of sp³-hybridized carbons (Fsp3) is 0.600. The normalized spacial score (nSPS) is 10.8. The average molecular weight is 169 g/mol. The van der Waals surface area contributed by atoms with Crippen molar-refractivity contribution < 1.29 is 4.74 Å². The largest absolute Gasteiger partial charge is 0.383 e. The Hall–Kier alpha value is -0.600. The predicted molar refractivity (Wildman–Crippen MR) is 53.3 cm³/mol. The van der Waals surface area contributed by atoms with E-state index in [9.17, 15) is 0 Å². The van der Waals surface area contributed by atoms with Crippen molar-refractivity contribution in [1.29, 1.82) is 0 Å². The first kappa shape index (κ1) is 11.4. The molecule has 0 aliphatic rings. The van der Waals surface area contributed by atoms with Crippen molar-refractivity contribution in [3.63, 3.8) is 0 Å². The van der Waals surface area contributed by atoms with Crippen molar-refractivity contribution in [2.45, 2.75) is 12.8 Å². The molecule has 0 fully saturated rings. The van der Waals surface area contributed by atoms with Gasteiger partial charge in [-0.1, -0.05) is 18.2 Å². The maximum Gasteiger partial charge on any atom is 0.0587 e. The predicted octanol–water partition coefficient (Wildman–Crippen LogP) is 1.74. The first-order valence-corrected chi connectivity index (χ1v) is 4.37. The number of rotatable bonds is 8. The lowest BCUT2D eigenvalue weighted by molar-refractivity contribution is 0.199. The quantitative estimate of drug-likeness (QED) is 0.441. The molecule has 0 aromatic carbocycles.